The maximum atomic E-state index is 12.3. The van der Waals surface area contributed by atoms with E-state index in [1.807, 2.05) is 18.2 Å². The van der Waals surface area contributed by atoms with Gasteiger partial charge in [0.05, 0.1) is 6.33 Å². The first-order valence-electron chi connectivity index (χ1n) is 6.14. The van der Waals surface area contributed by atoms with Crippen LogP contribution in [0.1, 0.15) is 21.5 Å². The number of carbonyl (C=O) groups is 1. The van der Waals surface area contributed by atoms with Crippen LogP contribution in [0.4, 0.5) is 0 Å². The van der Waals surface area contributed by atoms with Crippen LogP contribution in [-0.4, -0.2) is 27.3 Å². The summed E-state index contributed by atoms with van der Waals surface area (Å²) < 4.78 is 0. The molecule has 1 aliphatic rings. The average Bonchev–Trinajstić information content (AvgIpc) is 2.46. The van der Waals surface area contributed by atoms with Crippen LogP contribution >= 0.6 is 0 Å². The first kappa shape index (κ1) is 11.6. The van der Waals surface area contributed by atoms with Gasteiger partial charge in [0.1, 0.15) is 5.56 Å². The van der Waals surface area contributed by atoms with Crippen molar-refractivity contribution in [3.63, 3.8) is 0 Å². The summed E-state index contributed by atoms with van der Waals surface area (Å²) in [6, 6.07) is 8.06. The van der Waals surface area contributed by atoms with Crippen LogP contribution in [-0.2, 0) is 13.0 Å². The van der Waals surface area contributed by atoms with Gasteiger partial charge in [-0.2, -0.15) is 0 Å². The molecule has 5 heteroatoms. The maximum Gasteiger partial charge on any atom is 0.263 e. The molecular weight excluding hydrogens is 242 g/mol. The summed E-state index contributed by atoms with van der Waals surface area (Å²) in [6.07, 6.45) is 3.42. The van der Waals surface area contributed by atoms with E-state index >= 15 is 0 Å². The number of H-pyrrole nitrogens is 1. The van der Waals surface area contributed by atoms with Gasteiger partial charge in [-0.3, -0.25) is 9.59 Å². The zero-order chi connectivity index (χ0) is 13.2. The van der Waals surface area contributed by atoms with Crippen LogP contribution < -0.4 is 5.56 Å². The van der Waals surface area contributed by atoms with Gasteiger partial charge in [-0.1, -0.05) is 24.3 Å². The number of aromatic nitrogens is 2. The number of aromatic amines is 1. The highest BCUT2D eigenvalue weighted by Gasteiger charge is 2.23. The molecule has 0 saturated heterocycles. The maximum absolute atomic E-state index is 12.3. The summed E-state index contributed by atoms with van der Waals surface area (Å²) in [5.41, 5.74) is 2.12. The Morgan fingerprint density at radius 2 is 2.05 bits per heavy atom. The van der Waals surface area contributed by atoms with Crippen LogP contribution in [0.5, 0.6) is 0 Å². The molecule has 1 aliphatic heterocycles. The van der Waals surface area contributed by atoms with Crippen molar-refractivity contribution in [1.82, 2.24) is 14.9 Å². The lowest BCUT2D eigenvalue weighted by Crippen LogP contribution is -2.38. The second-order valence-corrected chi connectivity index (χ2v) is 4.54. The molecular formula is C14H13N3O2. The highest BCUT2D eigenvalue weighted by Crippen LogP contribution is 2.19. The van der Waals surface area contributed by atoms with E-state index in [4.69, 9.17) is 0 Å². The van der Waals surface area contributed by atoms with Crippen molar-refractivity contribution < 1.29 is 4.79 Å². The third kappa shape index (κ3) is 2.14. The van der Waals surface area contributed by atoms with Crippen LogP contribution in [0, 0.1) is 0 Å². The molecule has 1 aromatic heterocycles. The molecule has 1 N–H and O–H groups in total. The molecule has 0 radical (unpaired) electrons. The lowest BCUT2D eigenvalue weighted by atomic mass is 9.99. The monoisotopic (exact) mass is 255 g/mol. The molecule has 5 nitrogen and oxygen atoms in total. The van der Waals surface area contributed by atoms with Gasteiger partial charge in [0, 0.05) is 19.3 Å². The SMILES string of the molecule is O=C(c1cnc[nH]c1=O)N1CCc2ccccc2C1. The Hall–Kier alpha value is -2.43. The van der Waals surface area contributed by atoms with E-state index in [1.165, 1.54) is 18.1 Å². The molecule has 3 rings (SSSR count). The Labute approximate surface area is 109 Å². The van der Waals surface area contributed by atoms with Crippen LogP contribution in [0.25, 0.3) is 0 Å². The predicted molar refractivity (Wildman–Crippen MR) is 69.7 cm³/mol. The largest absolute Gasteiger partial charge is 0.334 e. The van der Waals surface area contributed by atoms with E-state index in [-0.39, 0.29) is 17.0 Å². The van der Waals surface area contributed by atoms with E-state index < -0.39 is 0 Å². The van der Waals surface area contributed by atoms with Gasteiger partial charge in [-0.05, 0) is 17.5 Å². The normalized spacial score (nSPS) is 14.0. The number of nitrogens with one attached hydrogen (secondary N) is 1. The second-order valence-electron chi connectivity index (χ2n) is 4.54. The van der Waals surface area contributed by atoms with Gasteiger partial charge in [0.25, 0.3) is 11.5 Å². The number of amides is 1. The quantitative estimate of drug-likeness (QED) is 0.825. The van der Waals surface area contributed by atoms with E-state index in [0.717, 1.165) is 12.0 Å². The molecule has 96 valence electrons. The van der Waals surface area contributed by atoms with Gasteiger partial charge in [-0.25, -0.2) is 4.98 Å². The number of rotatable bonds is 1. The minimum Gasteiger partial charge on any atom is -0.334 e. The van der Waals surface area contributed by atoms with Crippen molar-refractivity contribution in [2.45, 2.75) is 13.0 Å². The molecule has 0 aliphatic carbocycles. The molecule has 0 atom stereocenters. The molecule has 0 fully saturated rings. The molecule has 2 aromatic rings. The Morgan fingerprint density at radius 1 is 1.26 bits per heavy atom. The first-order chi connectivity index (χ1) is 9.25. The van der Waals surface area contributed by atoms with Gasteiger partial charge in [0.2, 0.25) is 0 Å². The molecule has 0 spiro atoms. The lowest BCUT2D eigenvalue weighted by Gasteiger charge is -2.28. The van der Waals surface area contributed by atoms with Crippen LogP contribution in [0.2, 0.25) is 0 Å². The fraction of sp³-hybridized carbons (Fsp3) is 0.214. The smallest absolute Gasteiger partial charge is 0.263 e. The van der Waals surface area contributed by atoms with Crippen LogP contribution in [0.3, 0.4) is 0 Å². The zero-order valence-electron chi connectivity index (χ0n) is 10.3. The summed E-state index contributed by atoms with van der Waals surface area (Å²) in [6.45, 7) is 1.17. The Kier molecular flexibility index (Phi) is 2.87. The minimum atomic E-state index is -0.390. The van der Waals surface area contributed by atoms with Gasteiger partial charge >= 0.3 is 0 Å². The number of carbonyl (C=O) groups excluding carboxylic acids is 1. The predicted octanol–water partition coefficient (Wildman–Crippen LogP) is 0.968. The number of hydrogen-bond acceptors (Lipinski definition) is 3. The van der Waals surface area contributed by atoms with Gasteiger partial charge in [-0.15, -0.1) is 0 Å². The lowest BCUT2D eigenvalue weighted by molar-refractivity contribution is 0.0732. The van der Waals surface area contributed by atoms with Gasteiger partial charge < -0.3 is 9.88 Å². The van der Waals surface area contributed by atoms with E-state index in [9.17, 15) is 9.59 Å². The van der Waals surface area contributed by atoms with Crippen molar-refractivity contribution in [2.24, 2.45) is 0 Å². The van der Waals surface area contributed by atoms with Crippen LogP contribution in [0.15, 0.2) is 41.6 Å². The second kappa shape index (κ2) is 4.68. The third-order valence-corrected chi connectivity index (χ3v) is 3.37. The third-order valence-electron chi connectivity index (χ3n) is 3.37. The topological polar surface area (TPSA) is 66.1 Å². The standard InChI is InChI=1S/C14H13N3O2/c18-13-12(7-15-9-16-13)14(19)17-6-5-10-3-1-2-4-11(10)8-17/h1-4,7,9H,5-6,8H2,(H,15,16,18). The summed E-state index contributed by atoms with van der Waals surface area (Å²) in [7, 11) is 0. The molecule has 0 unspecified atom stereocenters. The van der Waals surface area contributed by atoms with Gasteiger partial charge in [0.15, 0.2) is 0 Å². The molecule has 0 bridgehead atoms. The summed E-state index contributed by atoms with van der Waals surface area (Å²) in [4.78, 5) is 31.8. The van der Waals surface area contributed by atoms with Crippen molar-refractivity contribution in [3.05, 3.63) is 63.8 Å². The van der Waals surface area contributed by atoms with Crippen molar-refractivity contribution in [1.29, 1.82) is 0 Å². The van der Waals surface area contributed by atoms with Crippen molar-refractivity contribution in [3.8, 4) is 0 Å². The van der Waals surface area contributed by atoms with E-state index in [0.29, 0.717) is 13.1 Å². The molecule has 1 aromatic carbocycles. The molecule has 1 amide bonds. The molecule has 2 heterocycles. The summed E-state index contributed by atoms with van der Waals surface area (Å²) >= 11 is 0. The highest BCUT2D eigenvalue weighted by molar-refractivity contribution is 5.93. The van der Waals surface area contributed by atoms with Crippen molar-refractivity contribution >= 4 is 5.91 Å². The molecule has 0 saturated carbocycles. The number of benzene rings is 1. The summed E-state index contributed by atoms with van der Waals surface area (Å²) in [5, 5.41) is 0. The van der Waals surface area contributed by atoms with Crippen molar-refractivity contribution in [2.75, 3.05) is 6.54 Å². The fourth-order valence-corrected chi connectivity index (χ4v) is 2.34. The van der Waals surface area contributed by atoms with E-state index in [1.54, 1.807) is 4.90 Å². The molecule has 19 heavy (non-hydrogen) atoms. The summed E-state index contributed by atoms with van der Waals surface area (Å²) in [5.74, 6) is -0.260. The first-order valence-corrected chi connectivity index (χ1v) is 6.14. The van der Waals surface area contributed by atoms with E-state index in [2.05, 4.69) is 16.0 Å². The average molecular weight is 255 g/mol. The zero-order valence-corrected chi connectivity index (χ0v) is 10.3. The highest BCUT2D eigenvalue weighted by atomic mass is 16.2. The number of fused-ring (bicyclic) bond motifs is 1. The Bertz CT molecular complexity index is 678. The Morgan fingerprint density at radius 3 is 2.84 bits per heavy atom. The minimum absolute atomic E-state index is 0.0990. The fourth-order valence-electron chi connectivity index (χ4n) is 2.34. The number of nitrogens with zero attached hydrogens (tertiary/aromatic N) is 2. The Balaban J connectivity index is 1.88. The number of hydrogen-bond donors (Lipinski definition) is 1.